The summed E-state index contributed by atoms with van der Waals surface area (Å²) in [5.74, 6) is 1.37. The Bertz CT molecular complexity index is 869. The van der Waals surface area contributed by atoms with E-state index in [1.165, 1.54) is 37.9 Å². The van der Waals surface area contributed by atoms with Crippen LogP contribution in [0.2, 0.25) is 5.02 Å². The van der Waals surface area contributed by atoms with Gasteiger partial charge in [0.15, 0.2) is 0 Å². The van der Waals surface area contributed by atoms with Crippen LogP contribution in [-0.2, 0) is 11.3 Å². The molecular formula is C23H31ClN6O. The molecule has 1 amide bonds. The van der Waals surface area contributed by atoms with Gasteiger partial charge in [-0.2, -0.15) is 4.98 Å². The summed E-state index contributed by atoms with van der Waals surface area (Å²) in [6.45, 7) is 5.74. The normalized spacial score (nSPS) is 17.2. The van der Waals surface area contributed by atoms with Crippen LogP contribution in [-0.4, -0.2) is 58.4 Å². The smallest absolute Gasteiger partial charge is 0.229 e. The van der Waals surface area contributed by atoms with Crippen LogP contribution in [0.3, 0.4) is 0 Å². The average Bonchev–Trinajstić information content (AvgIpc) is 3.20. The Hall–Kier alpha value is -2.38. The number of nitrogens with one attached hydrogen (secondary N) is 2. The summed E-state index contributed by atoms with van der Waals surface area (Å²) >= 11 is 6.26. The first kappa shape index (κ1) is 21.8. The number of benzene rings is 1. The lowest BCUT2D eigenvalue weighted by Gasteiger charge is -2.26. The number of carbonyl (C=O) groups excluding carboxylic acids is 1. The van der Waals surface area contributed by atoms with Crippen molar-refractivity contribution in [1.82, 2.24) is 19.8 Å². The summed E-state index contributed by atoms with van der Waals surface area (Å²) in [4.78, 5) is 24.9. The molecule has 0 aliphatic carbocycles. The topological polar surface area (TPSA) is 73.4 Å². The van der Waals surface area contributed by atoms with Crippen LogP contribution in [0, 0.1) is 0 Å². The Balaban J connectivity index is 1.27. The minimum atomic E-state index is 0.258. The van der Waals surface area contributed by atoms with E-state index >= 15 is 0 Å². The fourth-order valence-corrected chi connectivity index (χ4v) is 4.32. The zero-order valence-electron chi connectivity index (χ0n) is 17.9. The van der Waals surface area contributed by atoms with Gasteiger partial charge in [0.1, 0.15) is 10.8 Å². The van der Waals surface area contributed by atoms with E-state index in [1.807, 2.05) is 4.90 Å². The molecular weight excluding hydrogens is 412 g/mol. The van der Waals surface area contributed by atoms with Crippen molar-refractivity contribution in [3.63, 3.8) is 0 Å². The number of likely N-dealkylation sites (tertiary alicyclic amines) is 2. The van der Waals surface area contributed by atoms with Crippen LogP contribution in [0.25, 0.3) is 0 Å². The lowest BCUT2D eigenvalue weighted by atomic mass is 10.1. The maximum Gasteiger partial charge on any atom is 0.229 e. The molecule has 0 saturated carbocycles. The second-order valence-corrected chi connectivity index (χ2v) is 8.72. The van der Waals surface area contributed by atoms with Gasteiger partial charge in [0.05, 0.1) is 6.20 Å². The first-order valence-electron chi connectivity index (χ1n) is 11.3. The van der Waals surface area contributed by atoms with Crippen LogP contribution in [0.15, 0.2) is 30.5 Å². The van der Waals surface area contributed by atoms with E-state index in [1.54, 1.807) is 6.20 Å². The molecule has 0 unspecified atom stereocenters. The molecule has 0 radical (unpaired) electrons. The molecule has 2 saturated heterocycles. The second kappa shape index (κ2) is 10.8. The third kappa shape index (κ3) is 6.31. The predicted molar refractivity (Wildman–Crippen MR) is 125 cm³/mol. The number of anilines is 3. The number of aromatic nitrogens is 2. The van der Waals surface area contributed by atoms with E-state index in [-0.39, 0.29) is 5.91 Å². The number of rotatable bonds is 9. The maximum absolute atomic E-state index is 11.7. The van der Waals surface area contributed by atoms with Crippen molar-refractivity contribution < 1.29 is 4.79 Å². The van der Waals surface area contributed by atoms with Gasteiger partial charge in [-0.1, -0.05) is 30.2 Å². The second-order valence-electron chi connectivity index (χ2n) is 8.31. The van der Waals surface area contributed by atoms with Gasteiger partial charge < -0.3 is 15.5 Å². The van der Waals surface area contributed by atoms with Crippen molar-refractivity contribution in [2.24, 2.45) is 0 Å². The SMILES string of the molecule is O=C1CCCN1CCCNc1nc(Nc2ccc(CN3CCCCC3)cc2)ncc1Cl. The standard InChI is InChI=1S/C23H31ClN6O/c24-20-16-26-23(28-22(20)25-11-5-15-30-14-4-6-21(30)31)27-19-9-7-18(8-10-19)17-29-12-2-1-3-13-29/h7-10,16H,1-6,11-15,17H2,(H2,25,26,27,28). The van der Waals surface area contributed by atoms with Gasteiger partial charge in [0.25, 0.3) is 0 Å². The van der Waals surface area contributed by atoms with Gasteiger partial charge in [-0.25, -0.2) is 4.98 Å². The highest BCUT2D eigenvalue weighted by Gasteiger charge is 2.19. The summed E-state index contributed by atoms with van der Waals surface area (Å²) in [6, 6.07) is 8.45. The van der Waals surface area contributed by atoms with E-state index in [2.05, 4.69) is 49.8 Å². The van der Waals surface area contributed by atoms with Crippen LogP contribution >= 0.6 is 11.6 Å². The van der Waals surface area contributed by atoms with Crippen LogP contribution in [0.5, 0.6) is 0 Å². The number of nitrogens with zero attached hydrogens (tertiary/aromatic N) is 4. The zero-order chi connectivity index (χ0) is 21.5. The average molecular weight is 443 g/mol. The molecule has 3 heterocycles. The predicted octanol–water partition coefficient (Wildman–Crippen LogP) is 4.28. The molecule has 2 N–H and O–H groups in total. The molecule has 31 heavy (non-hydrogen) atoms. The highest BCUT2D eigenvalue weighted by Crippen LogP contribution is 2.22. The molecule has 8 heteroatoms. The van der Waals surface area contributed by atoms with Crippen molar-refractivity contribution >= 4 is 35.0 Å². The Kier molecular flexibility index (Phi) is 7.59. The molecule has 2 aliphatic rings. The molecule has 2 fully saturated rings. The highest BCUT2D eigenvalue weighted by molar-refractivity contribution is 6.32. The number of halogens is 1. The Morgan fingerprint density at radius 1 is 1.03 bits per heavy atom. The molecule has 1 aromatic carbocycles. The third-order valence-electron chi connectivity index (χ3n) is 5.88. The largest absolute Gasteiger partial charge is 0.369 e. The zero-order valence-corrected chi connectivity index (χ0v) is 18.7. The van der Waals surface area contributed by atoms with Gasteiger partial charge in [-0.15, -0.1) is 0 Å². The fraction of sp³-hybridized carbons (Fsp3) is 0.522. The van der Waals surface area contributed by atoms with Crippen LogP contribution < -0.4 is 10.6 Å². The summed E-state index contributed by atoms with van der Waals surface area (Å²) < 4.78 is 0. The lowest BCUT2D eigenvalue weighted by Crippen LogP contribution is -2.29. The van der Waals surface area contributed by atoms with Crippen LogP contribution in [0.1, 0.15) is 44.1 Å². The maximum atomic E-state index is 11.7. The van der Waals surface area contributed by atoms with Gasteiger partial charge in [0.2, 0.25) is 11.9 Å². The number of hydrogen-bond acceptors (Lipinski definition) is 6. The molecule has 0 spiro atoms. The Labute approximate surface area is 189 Å². The van der Waals surface area contributed by atoms with Crippen molar-refractivity contribution in [3.05, 3.63) is 41.0 Å². The van der Waals surface area contributed by atoms with Crippen molar-refractivity contribution in [2.45, 2.75) is 45.1 Å². The first-order valence-corrected chi connectivity index (χ1v) is 11.7. The molecule has 2 aromatic rings. The quantitative estimate of drug-likeness (QED) is 0.564. The molecule has 2 aliphatic heterocycles. The van der Waals surface area contributed by atoms with Gasteiger partial charge in [0, 0.05) is 38.3 Å². The molecule has 7 nitrogen and oxygen atoms in total. The van der Waals surface area contributed by atoms with E-state index in [0.29, 0.717) is 29.8 Å². The van der Waals surface area contributed by atoms with Gasteiger partial charge in [-0.3, -0.25) is 9.69 Å². The summed E-state index contributed by atoms with van der Waals surface area (Å²) in [7, 11) is 0. The number of piperidine rings is 1. The van der Waals surface area contributed by atoms with Crippen molar-refractivity contribution in [3.8, 4) is 0 Å². The Morgan fingerprint density at radius 2 is 1.84 bits per heavy atom. The molecule has 4 rings (SSSR count). The van der Waals surface area contributed by atoms with E-state index < -0.39 is 0 Å². The summed E-state index contributed by atoms with van der Waals surface area (Å²) in [6.07, 6.45) is 8.08. The Morgan fingerprint density at radius 3 is 2.58 bits per heavy atom. The number of hydrogen-bond donors (Lipinski definition) is 2. The third-order valence-corrected chi connectivity index (χ3v) is 6.15. The van der Waals surface area contributed by atoms with Crippen molar-refractivity contribution in [1.29, 1.82) is 0 Å². The summed E-state index contributed by atoms with van der Waals surface area (Å²) in [5, 5.41) is 7.01. The number of amides is 1. The lowest BCUT2D eigenvalue weighted by molar-refractivity contribution is -0.127. The number of carbonyl (C=O) groups is 1. The van der Waals surface area contributed by atoms with E-state index in [9.17, 15) is 4.79 Å². The highest BCUT2D eigenvalue weighted by atomic mass is 35.5. The van der Waals surface area contributed by atoms with E-state index in [0.717, 1.165) is 38.2 Å². The van der Waals surface area contributed by atoms with Crippen molar-refractivity contribution in [2.75, 3.05) is 43.4 Å². The minimum absolute atomic E-state index is 0.258. The summed E-state index contributed by atoms with van der Waals surface area (Å²) in [5.41, 5.74) is 2.27. The molecule has 0 bridgehead atoms. The molecule has 166 valence electrons. The molecule has 0 atom stereocenters. The van der Waals surface area contributed by atoms with Gasteiger partial charge >= 0.3 is 0 Å². The van der Waals surface area contributed by atoms with E-state index in [4.69, 9.17) is 11.6 Å². The minimum Gasteiger partial charge on any atom is -0.369 e. The van der Waals surface area contributed by atoms with Crippen LogP contribution in [0.4, 0.5) is 17.5 Å². The first-order chi connectivity index (χ1) is 15.2. The fourth-order valence-electron chi connectivity index (χ4n) is 4.17. The monoisotopic (exact) mass is 442 g/mol. The molecule has 1 aromatic heterocycles. The van der Waals surface area contributed by atoms with Gasteiger partial charge in [-0.05, 0) is 56.5 Å².